The van der Waals surface area contributed by atoms with Crippen molar-refractivity contribution < 1.29 is 13.2 Å². The Morgan fingerprint density at radius 2 is 1.71 bits per heavy atom. The summed E-state index contributed by atoms with van der Waals surface area (Å²) in [6.07, 6.45) is 3.58. The lowest BCUT2D eigenvalue weighted by Crippen LogP contribution is -2.36. The lowest BCUT2D eigenvalue weighted by Gasteiger charge is -2.30. The second-order valence-corrected chi connectivity index (χ2v) is 9.81. The molecular formula is C21H35N3O3S. The minimum absolute atomic E-state index is 0.102. The molecule has 0 bridgehead atoms. The minimum atomic E-state index is -3.61. The molecule has 2 N–H and O–H groups in total. The molecule has 7 heteroatoms. The Balaban J connectivity index is 1.69. The van der Waals surface area contributed by atoms with Gasteiger partial charge in [0.2, 0.25) is 15.9 Å². The van der Waals surface area contributed by atoms with Crippen molar-refractivity contribution in [2.75, 3.05) is 32.7 Å². The molecule has 0 aromatic heterocycles. The third-order valence-electron chi connectivity index (χ3n) is 5.37. The Morgan fingerprint density at radius 1 is 1.11 bits per heavy atom. The van der Waals surface area contributed by atoms with E-state index in [1.54, 1.807) is 13.8 Å². The molecule has 1 aromatic rings. The van der Waals surface area contributed by atoms with Crippen LogP contribution in [0.15, 0.2) is 17.0 Å². The van der Waals surface area contributed by atoms with Crippen LogP contribution in [0.25, 0.3) is 0 Å². The summed E-state index contributed by atoms with van der Waals surface area (Å²) in [6.45, 7) is 11.9. The van der Waals surface area contributed by atoms with Gasteiger partial charge in [0.05, 0.1) is 4.90 Å². The van der Waals surface area contributed by atoms with E-state index in [0.717, 1.165) is 48.7 Å². The first-order valence-corrected chi connectivity index (χ1v) is 11.7. The molecule has 1 heterocycles. The number of hydrogen-bond donors (Lipinski definition) is 2. The molecule has 158 valence electrons. The summed E-state index contributed by atoms with van der Waals surface area (Å²) >= 11 is 0. The lowest BCUT2D eigenvalue weighted by molar-refractivity contribution is -0.120. The van der Waals surface area contributed by atoms with Crippen molar-refractivity contribution in [2.45, 2.75) is 58.3 Å². The standard InChI is InChI=1S/C21H35N3O3S/c1-16-7-12-24(13-8-16)11-5-9-22-20(25)6-10-23-28(26,27)21-18(3)14-17(2)15-19(21)4/h14-16,23H,5-13H2,1-4H3,(H,22,25). The van der Waals surface area contributed by atoms with E-state index in [-0.39, 0.29) is 18.9 Å². The van der Waals surface area contributed by atoms with Gasteiger partial charge in [-0.25, -0.2) is 13.1 Å². The number of benzene rings is 1. The monoisotopic (exact) mass is 409 g/mol. The maximum Gasteiger partial charge on any atom is 0.241 e. The number of amides is 1. The van der Waals surface area contributed by atoms with Crippen LogP contribution < -0.4 is 10.0 Å². The molecule has 2 rings (SSSR count). The van der Waals surface area contributed by atoms with Gasteiger partial charge in [-0.15, -0.1) is 0 Å². The van der Waals surface area contributed by atoms with Gasteiger partial charge in [-0.3, -0.25) is 4.79 Å². The second-order valence-electron chi connectivity index (χ2n) is 8.10. The molecule has 0 atom stereocenters. The Morgan fingerprint density at radius 3 is 2.32 bits per heavy atom. The lowest BCUT2D eigenvalue weighted by atomic mass is 9.99. The average molecular weight is 410 g/mol. The Labute approximate surface area is 170 Å². The molecule has 1 aliphatic rings. The summed E-state index contributed by atoms with van der Waals surface area (Å²) in [4.78, 5) is 14.7. The number of nitrogens with one attached hydrogen (secondary N) is 2. The summed E-state index contributed by atoms with van der Waals surface area (Å²) < 4.78 is 27.7. The topological polar surface area (TPSA) is 78.5 Å². The van der Waals surface area contributed by atoms with E-state index in [1.165, 1.54) is 12.8 Å². The van der Waals surface area contributed by atoms with Crippen LogP contribution in [0.1, 0.15) is 49.3 Å². The molecule has 0 unspecified atom stereocenters. The van der Waals surface area contributed by atoms with Crippen molar-refractivity contribution in [3.63, 3.8) is 0 Å². The highest BCUT2D eigenvalue weighted by atomic mass is 32.2. The zero-order valence-electron chi connectivity index (χ0n) is 17.7. The molecule has 0 radical (unpaired) electrons. The van der Waals surface area contributed by atoms with Crippen molar-refractivity contribution in [2.24, 2.45) is 5.92 Å². The van der Waals surface area contributed by atoms with Gasteiger partial charge >= 0.3 is 0 Å². The summed E-state index contributed by atoms with van der Waals surface area (Å²) in [6, 6.07) is 3.72. The van der Waals surface area contributed by atoms with Crippen LogP contribution in [0.2, 0.25) is 0 Å². The smallest absolute Gasteiger partial charge is 0.241 e. The van der Waals surface area contributed by atoms with E-state index >= 15 is 0 Å². The average Bonchev–Trinajstić information content (AvgIpc) is 2.59. The van der Waals surface area contributed by atoms with E-state index in [4.69, 9.17) is 0 Å². The highest BCUT2D eigenvalue weighted by Crippen LogP contribution is 2.21. The van der Waals surface area contributed by atoms with E-state index < -0.39 is 10.0 Å². The third kappa shape index (κ3) is 6.87. The normalized spacial score (nSPS) is 16.3. The van der Waals surface area contributed by atoms with Crippen LogP contribution in [0.5, 0.6) is 0 Å². The number of sulfonamides is 1. The van der Waals surface area contributed by atoms with Crippen LogP contribution in [-0.2, 0) is 14.8 Å². The van der Waals surface area contributed by atoms with Gasteiger partial charge in [-0.1, -0.05) is 24.6 Å². The molecule has 1 aromatic carbocycles. The molecule has 0 spiro atoms. The SMILES string of the molecule is Cc1cc(C)c(S(=O)(=O)NCCC(=O)NCCCN2CCC(C)CC2)c(C)c1. The van der Waals surface area contributed by atoms with Crippen LogP contribution in [0, 0.1) is 26.7 Å². The number of carbonyl (C=O) groups is 1. The maximum absolute atomic E-state index is 12.6. The number of rotatable bonds is 9. The number of aryl methyl sites for hydroxylation is 3. The van der Waals surface area contributed by atoms with Crippen molar-refractivity contribution in [1.82, 2.24) is 14.9 Å². The summed E-state index contributed by atoms with van der Waals surface area (Å²) in [5, 5.41) is 2.89. The highest BCUT2D eigenvalue weighted by Gasteiger charge is 2.20. The molecule has 1 amide bonds. The molecule has 6 nitrogen and oxygen atoms in total. The van der Waals surface area contributed by atoms with Gasteiger partial charge in [0.15, 0.2) is 0 Å². The van der Waals surface area contributed by atoms with Gasteiger partial charge in [0, 0.05) is 19.5 Å². The fourth-order valence-corrected chi connectivity index (χ4v) is 5.35. The van der Waals surface area contributed by atoms with Crippen LogP contribution >= 0.6 is 0 Å². The predicted octanol–water partition coefficient (Wildman–Crippen LogP) is 2.52. The van der Waals surface area contributed by atoms with Crippen LogP contribution in [0.3, 0.4) is 0 Å². The van der Waals surface area contributed by atoms with Crippen molar-refractivity contribution in [3.05, 3.63) is 28.8 Å². The van der Waals surface area contributed by atoms with Gasteiger partial charge in [-0.05, 0) is 76.7 Å². The Bertz CT molecular complexity index is 746. The van der Waals surface area contributed by atoms with Gasteiger partial charge in [0.1, 0.15) is 0 Å². The van der Waals surface area contributed by atoms with E-state index in [2.05, 4.69) is 21.9 Å². The largest absolute Gasteiger partial charge is 0.356 e. The molecule has 1 fully saturated rings. The second kappa shape index (κ2) is 10.4. The van der Waals surface area contributed by atoms with Crippen LogP contribution in [0.4, 0.5) is 0 Å². The fourth-order valence-electron chi connectivity index (χ4n) is 3.87. The van der Waals surface area contributed by atoms with Gasteiger partial charge in [0.25, 0.3) is 0 Å². The molecule has 1 aliphatic heterocycles. The first kappa shape index (κ1) is 22.8. The van der Waals surface area contributed by atoms with Crippen molar-refractivity contribution in [1.29, 1.82) is 0 Å². The predicted molar refractivity (Wildman–Crippen MR) is 113 cm³/mol. The maximum atomic E-state index is 12.6. The van der Waals surface area contributed by atoms with E-state index in [0.29, 0.717) is 11.4 Å². The highest BCUT2D eigenvalue weighted by molar-refractivity contribution is 7.89. The fraction of sp³-hybridized carbons (Fsp3) is 0.667. The summed E-state index contributed by atoms with van der Waals surface area (Å²) in [5.41, 5.74) is 2.48. The minimum Gasteiger partial charge on any atom is -0.356 e. The van der Waals surface area contributed by atoms with E-state index in [9.17, 15) is 13.2 Å². The van der Waals surface area contributed by atoms with Crippen LogP contribution in [-0.4, -0.2) is 51.9 Å². The summed E-state index contributed by atoms with van der Waals surface area (Å²) in [7, 11) is -3.61. The number of likely N-dealkylation sites (tertiary alicyclic amines) is 1. The van der Waals surface area contributed by atoms with Crippen molar-refractivity contribution >= 4 is 15.9 Å². The first-order chi connectivity index (χ1) is 13.2. The van der Waals surface area contributed by atoms with Crippen molar-refractivity contribution in [3.8, 4) is 0 Å². The number of hydrogen-bond acceptors (Lipinski definition) is 4. The molecule has 0 aliphatic carbocycles. The molecule has 1 saturated heterocycles. The zero-order valence-corrected chi connectivity index (χ0v) is 18.5. The van der Waals surface area contributed by atoms with Gasteiger partial charge in [-0.2, -0.15) is 0 Å². The molecule has 0 saturated carbocycles. The number of carbonyl (C=O) groups excluding carboxylic acids is 1. The first-order valence-electron chi connectivity index (χ1n) is 10.3. The quantitative estimate of drug-likeness (QED) is 0.614. The zero-order chi connectivity index (χ0) is 20.7. The number of nitrogens with zero attached hydrogens (tertiary/aromatic N) is 1. The Hall–Kier alpha value is -1.44. The van der Waals surface area contributed by atoms with E-state index in [1.807, 2.05) is 19.1 Å². The molecule has 28 heavy (non-hydrogen) atoms. The Kier molecular flexibility index (Phi) is 8.46. The number of piperidine rings is 1. The third-order valence-corrected chi connectivity index (χ3v) is 7.13. The molecular weight excluding hydrogens is 374 g/mol. The summed E-state index contributed by atoms with van der Waals surface area (Å²) in [5.74, 6) is 0.708. The van der Waals surface area contributed by atoms with Gasteiger partial charge < -0.3 is 10.2 Å².